The number of hydrogen-bond donors (Lipinski definition) is 0. The SMILES string of the molecule is CC1(C)c2ccccc2-c2c(N(c3ccc4c(ccc5oc6ccccc6c54)c3)c3ccccc3-c3ccc4ccccc4c3)cccc21. The van der Waals surface area contributed by atoms with Crippen LogP contribution in [-0.2, 0) is 5.41 Å². The molecule has 2 heteroatoms. The lowest BCUT2D eigenvalue weighted by Crippen LogP contribution is -2.16. The molecule has 1 aromatic heterocycles. The Hall–Kier alpha value is -6.12. The quantitative estimate of drug-likeness (QED) is 0.193. The molecule has 1 aliphatic rings. The molecule has 0 unspecified atom stereocenters. The van der Waals surface area contributed by atoms with Crippen LogP contribution in [0.15, 0.2) is 168 Å². The van der Waals surface area contributed by atoms with E-state index in [4.69, 9.17) is 4.42 Å². The highest BCUT2D eigenvalue weighted by molar-refractivity contribution is 6.19. The Bertz CT molecular complexity index is 2770. The molecule has 0 saturated carbocycles. The number of fused-ring (bicyclic) bond motifs is 9. The molecule has 1 heterocycles. The molecule has 0 fully saturated rings. The number of furan rings is 1. The summed E-state index contributed by atoms with van der Waals surface area (Å²) in [6.45, 7) is 4.71. The molecule has 8 aromatic carbocycles. The smallest absolute Gasteiger partial charge is 0.136 e. The fraction of sp³-hybridized carbons (Fsp3) is 0.0638. The first-order valence-electron chi connectivity index (χ1n) is 17.0. The molecule has 0 N–H and O–H groups in total. The Balaban J connectivity index is 1.26. The number of benzene rings is 8. The molecule has 9 aromatic rings. The molecule has 0 amide bonds. The number of nitrogens with zero attached hydrogens (tertiary/aromatic N) is 1. The fourth-order valence-corrected chi connectivity index (χ4v) is 8.28. The second kappa shape index (κ2) is 10.4. The average Bonchev–Trinajstić information content (AvgIpc) is 3.64. The van der Waals surface area contributed by atoms with Crippen LogP contribution < -0.4 is 4.90 Å². The van der Waals surface area contributed by atoms with Gasteiger partial charge in [0.15, 0.2) is 0 Å². The van der Waals surface area contributed by atoms with E-state index in [9.17, 15) is 0 Å². The van der Waals surface area contributed by atoms with E-state index in [-0.39, 0.29) is 5.41 Å². The minimum Gasteiger partial charge on any atom is -0.456 e. The summed E-state index contributed by atoms with van der Waals surface area (Å²) in [6, 6.07) is 59.6. The first-order valence-corrected chi connectivity index (χ1v) is 17.0. The van der Waals surface area contributed by atoms with Gasteiger partial charge in [0.1, 0.15) is 11.2 Å². The van der Waals surface area contributed by atoms with Gasteiger partial charge in [0.2, 0.25) is 0 Å². The van der Waals surface area contributed by atoms with Crippen LogP contribution >= 0.6 is 0 Å². The molecule has 49 heavy (non-hydrogen) atoms. The maximum atomic E-state index is 6.26. The predicted molar refractivity (Wildman–Crippen MR) is 206 cm³/mol. The summed E-state index contributed by atoms with van der Waals surface area (Å²) < 4.78 is 6.26. The summed E-state index contributed by atoms with van der Waals surface area (Å²) in [5.41, 5.74) is 12.9. The van der Waals surface area contributed by atoms with Gasteiger partial charge < -0.3 is 9.32 Å². The molecule has 2 nitrogen and oxygen atoms in total. The maximum Gasteiger partial charge on any atom is 0.136 e. The summed E-state index contributed by atoms with van der Waals surface area (Å²) in [6.07, 6.45) is 0. The number of para-hydroxylation sites is 2. The first kappa shape index (κ1) is 27.9. The van der Waals surface area contributed by atoms with E-state index in [0.717, 1.165) is 27.9 Å². The van der Waals surface area contributed by atoms with Crippen LogP contribution in [-0.4, -0.2) is 0 Å². The molecule has 232 valence electrons. The minimum atomic E-state index is -0.108. The van der Waals surface area contributed by atoms with Gasteiger partial charge in [0, 0.05) is 33.0 Å². The van der Waals surface area contributed by atoms with Gasteiger partial charge in [-0.05, 0) is 86.3 Å². The van der Waals surface area contributed by atoms with Crippen LogP contribution in [0.25, 0.3) is 65.7 Å². The highest BCUT2D eigenvalue weighted by atomic mass is 16.3. The van der Waals surface area contributed by atoms with Crippen molar-refractivity contribution >= 4 is 60.5 Å². The zero-order chi connectivity index (χ0) is 32.7. The van der Waals surface area contributed by atoms with E-state index >= 15 is 0 Å². The van der Waals surface area contributed by atoms with Crippen LogP contribution in [0.1, 0.15) is 25.0 Å². The minimum absolute atomic E-state index is 0.108. The summed E-state index contributed by atoms with van der Waals surface area (Å²) in [5.74, 6) is 0. The van der Waals surface area contributed by atoms with Gasteiger partial charge in [-0.15, -0.1) is 0 Å². The van der Waals surface area contributed by atoms with Gasteiger partial charge in [0.25, 0.3) is 0 Å². The molecule has 1 aliphatic carbocycles. The number of rotatable bonds is 4. The lowest BCUT2D eigenvalue weighted by Gasteiger charge is -2.31. The van der Waals surface area contributed by atoms with Crippen LogP contribution in [0.3, 0.4) is 0 Å². The Labute approximate surface area is 285 Å². The highest BCUT2D eigenvalue weighted by Crippen LogP contribution is 2.55. The molecular weight excluding hydrogens is 595 g/mol. The van der Waals surface area contributed by atoms with E-state index in [2.05, 4.69) is 176 Å². The van der Waals surface area contributed by atoms with Crippen molar-refractivity contribution in [1.29, 1.82) is 0 Å². The van der Waals surface area contributed by atoms with Gasteiger partial charge in [0.05, 0.1) is 11.4 Å². The van der Waals surface area contributed by atoms with Crippen molar-refractivity contribution in [3.05, 3.63) is 175 Å². The van der Waals surface area contributed by atoms with Gasteiger partial charge in [-0.2, -0.15) is 0 Å². The van der Waals surface area contributed by atoms with Crippen molar-refractivity contribution in [3.63, 3.8) is 0 Å². The summed E-state index contributed by atoms with van der Waals surface area (Å²) in [7, 11) is 0. The molecule has 0 spiro atoms. The molecule has 0 atom stereocenters. The number of anilines is 3. The lowest BCUT2D eigenvalue weighted by atomic mass is 9.82. The molecular formula is C47H33NO. The average molecular weight is 628 g/mol. The topological polar surface area (TPSA) is 16.4 Å². The van der Waals surface area contributed by atoms with Gasteiger partial charge >= 0.3 is 0 Å². The third-order valence-corrected chi connectivity index (χ3v) is 10.6. The Morgan fingerprint density at radius 2 is 1.18 bits per heavy atom. The lowest BCUT2D eigenvalue weighted by molar-refractivity contribution is 0.660. The maximum absolute atomic E-state index is 6.26. The Kier molecular flexibility index (Phi) is 5.95. The zero-order valence-electron chi connectivity index (χ0n) is 27.4. The van der Waals surface area contributed by atoms with E-state index in [0.29, 0.717) is 0 Å². The van der Waals surface area contributed by atoms with Crippen molar-refractivity contribution in [1.82, 2.24) is 0 Å². The van der Waals surface area contributed by atoms with E-state index in [1.165, 1.54) is 66.0 Å². The summed E-state index contributed by atoms with van der Waals surface area (Å²) >= 11 is 0. The van der Waals surface area contributed by atoms with Crippen molar-refractivity contribution < 1.29 is 4.42 Å². The normalized spacial score (nSPS) is 13.3. The third-order valence-electron chi connectivity index (χ3n) is 10.6. The van der Waals surface area contributed by atoms with Crippen LogP contribution in [0.5, 0.6) is 0 Å². The molecule has 0 saturated heterocycles. The van der Waals surface area contributed by atoms with Crippen molar-refractivity contribution in [2.75, 3.05) is 4.90 Å². The Morgan fingerprint density at radius 1 is 0.469 bits per heavy atom. The highest BCUT2D eigenvalue weighted by Gasteiger charge is 2.38. The van der Waals surface area contributed by atoms with E-state index in [1.54, 1.807) is 0 Å². The predicted octanol–water partition coefficient (Wildman–Crippen LogP) is 13.3. The monoisotopic (exact) mass is 627 g/mol. The van der Waals surface area contributed by atoms with Crippen molar-refractivity contribution in [3.8, 4) is 22.3 Å². The molecule has 10 rings (SSSR count). The summed E-state index contributed by atoms with van der Waals surface area (Å²) in [4.78, 5) is 2.48. The second-order valence-corrected chi connectivity index (χ2v) is 13.7. The standard InChI is InChI=1S/C47H33NO/c1-47(2)39-17-8-5-15-37(39)46-40(47)18-11-20-42(46)48(41-19-9-6-14-35(41)32-23-22-30-12-3-4-13-31(30)28-32)34-25-26-36-33(29-34)24-27-44-45(36)38-16-7-10-21-43(38)49-44/h3-29H,1-2H3. The largest absolute Gasteiger partial charge is 0.456 e. The van der Waals surface area contributed by atoms with Gasteiger partial charge in [-0.1, -0.05) is 135 Å². The first-order chi connectivity index (χ1) is 24.1. The Morgan fingerprint density at radius 3 is 2.10 bits per heavy atom. The van der Waals surface area contributed by atoms with Gasteiger partial charge in [-0.25, -0.2) is 0 Å². The van der Waals surface area contributed by atoms with E-state index < -0.39 is 0 Å². The molecule has 0 aliphatic heterocycles. The molecule has 0 radical (unpaired) electrons. The van der Waals surface area contributed by atoms with Crippen LogP contribution in [0.4, 0.5) is 17.1 Å². The summed E-state index contributed by atoms with van der Waals surface area (Å²) in [5, 5.41) is 7.16. The van der Waals surface area contributed by atoms with Crippen molar-refractivity contribution in [2.45, 2.75) is 19.3 Å². The third kappa shape index (κ3) is 4.14. The van der Waals surface area contributed by atoms with Crippen LogP contribution in [0.2, 0.25) is 0 Å². The number of hydrogen-bond acceptors (Lipinski definition) is 2. The molecule has 0 bridgehead atoms. The van der Waals surface area contributed by atoms with E-state index in [1.807, 2.05) is 6.07 Å². The van der Waals surface area contributed by atoms with Crippen molar-refractivity contribution in [2.24, 2.45) is 0 Å². The van der Waals surface area contributed by atoms with Gasteiger partial charge in [-0.3, -0.25) is 0 Å². The fourth-order valence-electron chi connectivity index (χ4n) is 8.28. The zero-order valence-corrected chi connectivity index (χ0v) is 27.4. The van der Waals surface area contributed by atoms with Crippen LogP contribution in [0, 0.1) is 0 Å². The second-order valence-electron chi connectivity index (χ2n) is 13.7.